The fourth-order valence-electron chi connectivity index (χ4n) is 1.30. The molecule has 0 aliphatic heterocycles. The van der Waals surface area contributed by atoms with Crippen molar-refractivity contribution in [2.75, 3.05) is 24.0 Å². The Morgan fingerprint density at radius 3 is 1.48 bits per heavy atom. The molecule has 0 spiro atoms. The van der Waals surface area contributed by atoms with Crippen molar-refractivity contribution in [2.45, 2.75) is 37.1 Å². The van der Waals surface area contributed by atoms with Crippen LogP contribution in [0.4, 0.5) is 0 Å². The average molecular weight is 370 g/mol. The van der Waals surface area contributed by atoms with Gasteiger partial charge in [0.15, 0.2) is 11.3 Å². The Labute approximate surface area is 144 Å². The number of aliphatic hydroxyl groups is 1. The van der Waals surface area contributed by atoms with Gasteiger partial charge in [-0.3, -0.25) is 0 Å². The first-order chi connectivity index (χ1) is 10.4. The molecule has 0 saturated carbocycles. The molecule has 0 aliphatic rings. The predicted octanol–water partition coefficient (Wildman–Crippen LogP) is -1.53. The van der Waals surface area contributed by atoms with Crippen molar-refractivity contribution < 1.29 is 24.2 Å². The smallest absolute Gasteiger partial charge is 0.370 e. The van der Waals surface area contributed by atoms with Crippen molar-refractivity contribution in [3.8, 4) is 0 Å². The molecule has 23 heavy (non-hydrogen) atoms. The van der Waals surface area contributed by atoms with Crippen LogP contribution < -0.4 is 22.9 Å². The number of ether oxygens (including phenoxy) is 2. The van der Waals surface area contributed by atoms with Gasteiger partial charge in [0.1, 0.15) is 0 Å². The second kappa shape index (κ2) is 9.06. The summed E-state index contributed by atoms with van der Waals surface area (Å²) in [5.41, 5.74) is 18.9. The molecule has 136 valence electrons. The summed E-state index contributed by atoms with van der Waals surface area (Å²) in [6, 6.07) is 0. The number of rotatable bonds is 10. The summed E-state index contributed by atoms with van der Waals surface area (Å²) < 4.78 is 9.34. The monoisotopic (exact) mass is 370 g/mol. The lowest BCUT2D eigenvalue weighted by atomic mass is 10.1. The van der Waals surface area contributed by atoms with Crippen LogP contribution in [0.1, 0.15) is 19.8 Å². The normalized spacial score (nSPS) is 12.9. The van der Waals surface area contributed by atoms with E-state index < -0.39 is 29.2 Å². The Morgan fingerprint density at radius 1 is 0.913 bits per heavy atom. The van der Waals surface area contributed by atoms with Gasteiger partial charge in [-0.1, -0.05) is 0 Å². The fraction of sp³-hybridized carbons (Fsp3) is 0.833. The van der Waals surface area contributed by atoms with E-state index in [4.69, 9.17) is 22.9 Å². The van der Waals surface area contributed by atoms with Crippen LogP contribution in [0.2, 0.25) is 0 Å². The molecule has 9 nitrogen and oxygen atoms in total. The SMILES string of the molecule is CSCCC(N)(N)C(=O)OC(C)(O)OC(=O)C(N)(N)CCSC. The van der Waals surface area contributed by atoms with Crippen LogP contribution in [0.5, 0.6) is 0 Å². The van der Waals surface area contributed by atoms with Gasteiger partial charge < -0.3 is 37.5 Å². The number of esters is 2. The third kappa shape index (κ3) is 8.20. The number of carbonyl (C=O) groups excluding carboxylic acids is 2. The van der Waals surface area contributed by atoms with Gasteiger partial charge in [0.05, 0.1) is 0 Å². The third-order valence-electron chi connectivity index (χ3n) is 2.76. The van der Waals surface area contributed by atoms with E-state index in [-0.39, 0.29) is 12.8 Å². The Balaban J connectivity index is 4.75. The molecule has 0 saturated heterocycles. The summed E-state index contributed by atoms with van der Waals surface area (Å²) in [6.45, 7) is 0.943. The van der Waals surface area contributed by atoms with E-state index in [2.05, 4.69) is 9.47 Å². The van der Waals surface area contributed by atoms with Crippen molar-refractivity contribution >= 4 is 35.5 Å². The van der Waals surface area contributed by atoms with Gasteiger partial charge in [-0.15, -0.1) is 0 Å². The highest BCUT2D eigenvalue weighted by atomic mass is 32.2. The molecule has 0 bridgehead atoms. The maximum atomic E-state index is 11.9. The van der Waals surface area contributed by atoms with Crippen molar-refractivity contribution in [1.29, 1.82) is 0 Å². The van der Waals surface area contributed by atoms with Crippen LogP contribution in [0.15, 0.2) is 0 Å². The van der Waals surface area contributed by atoms with Crippen LogP contribution in [-0.2, 0) is 19.1 Å². The van der Waals surface area contributed by atoms with Crippen LogP contribution >= 0.6 is 23.5 Å². The quantitative estimate of drug-likeness (QED) is 0.223. The Hall–Kier alpha value is -0.560. The Bertz CT molecular complexity index is 382. The highest BCUT2D eigenvalue weighted by Gasteiger charge is 2.42. The van der Waals surface area contributed by atoms with Crippen molar-refractivity contribution in [1.82, 2.24) is 0 Å². The minimum Gasteiger partial charge on any atom is -0.396 e. The average Bonchev–Trinajstić information content (AvgIpc) is 2.41. The largest absolute Gasteiger partial charge is 0.396 e. The highest BCUT2D eigenvalue weighted by molar-refractivity contribution is 7.98. The predicted molar refractivity (Wildman–Crippen MR) is 91.0 cm³/mol. The first kappa shape index (κ1) is 22.4. The number of thioether (sulfide) groups is 2. The second-order valence-corrected chi connectivity index (χ2v) is 7.21. The van der Waals surface area contributed by atoms with E-state index >= 15 is 0 Å². The van der Waals surface area contributed by atoms with E-state index in [1.54, 1.807) is 0 Å². The topological polar surface area (TPSA) is 177 Å². The van der Waals surface area contributed by atoms with Crippen LogP contribution in [0.3, 0.4) is 0 Å². The molecular formula is C12H26N4O5S2. The molecule has 0 aromatic rings. The van der Waals surface area contributed by atoms with E-state index in [1.165, 1.54) is 23.5 Å². The van der Waals surface area contributed by atoms with Crippen LogP contribution in [0, 0.1) is 0 Å². The highest BCUT2D eigenvalue weighted by Crippen LogP contribution is 2.17. The Kier molecular flexibility index (Phi) is 8.84. The summed E-state index contributed by atoms with van der Waals surface area (Å²) in [5, 5.41) is 9.91. The third-order valence-corrected chi connectivity index (χ3v) is 3.99. The molecule has 0 aromatic carbocycles. The molecule has 0 fully saturated rings. The molecular weight excluding hydrogens is 344 g/mol. The lowest BCUT2D eigenvalue weighted by Gasteiger charge is -2.31. The molecule has 0 amide bonds. The van der Waals surface area contributed by atoms with Crippen molar-refractivity contribution in [3.05, 3.63) is 0 Å². The summed E-state index contributed by atoms with van der Waals surface area (Å²) in [6.07, 6.45) is 3.86. The molecule has 0 unspecified atom stereocenters. The maximum absolute atomic E-state index is 11.9. The lowest BCUT2D eigenvalue weighted by Crippen LogP contribution is -2.62. The molecule has 0 heterocycles. The maximum Gasteiger partial charge on any atom is 0.370 e. The zero-order valence-corrected chi connectivity index (χ0v) is 15.2. The number of carbonyl (C=O) groups is 2. The minimum absolute atomic E-state index is 0.114. The van der Waals surface area contributed by atoms with Crippen LogP contribution in [0.25, 0.3) is 0 Å². The van der Waals surface area contributed by atoms with Gasteiger partial charge in [-0.2, -0.15) is 23.5 Å². The number of hydrogen-bond acceptors (Lipinski definition) is 11. The molecule has 0 aromatic heterocycles. The summed E-state index contributed by atoms with van der Waals surface area (Å²) >= 11 is 2.87. The zero-order valence-electron chi connectivity index (χ0n) is 13.5. The van der Waals surface area contributed by atoms with Crippen molar-refractivity contribution in [2.24, 2.45) is 22.9 Å². The second-order valence-electron chi connectivity index (χ2n) is 5.24. The zero-order chi connectivity index (χ0) is 18.3. The van der Waals surface area contributed by atoms with Gasteiger partial charge in [-0.05, 0) is 36.9 Å². The van der Waals surface area contributed by atoms with Gasteiger partial charge in [0, 0.05) is 6.92 Å². The van der Waals surface area contributed by atoms with E-state index in [0.29, 0.717) is 11.5 Å². The standard InChI is InChI=1S/C12H26N4O5S2/c1-10(19,20-8(17)11(13,14)4-6-22-2)21-9(18)12(15,16)5-7-23-3/h19H,4-7,13-16H2,1-3H3. The lowest BCUT2D eigenvalue weighted by molar-refractivity contribution is -0.318. The first-order valence-corrected chi connectivity index (χ1v) is 9.49. The van der Waals surface area contributed by atoms with Crippen LogP contribution in [-0.4, -0.2) is 58.4 Å². The van der Waals surface area contributed by atoms with Gasteiger partial charge in [-0.25, -0.2) is 9.59 Å². The molecule has 9 N–H and O–H groups in total. The van der Waals surface area contributed by atoms with Gasteiger partial charge >= 0.3 is 17.9 Å². The minimum atomic E-state index is -2.58. The van der Waals surface area contributed by atoms with E-state index in [1.807, 2.05) is 12.5 Å². The molecule has 11 heteroatoms. The van der Waals surface area contributed by atoms with Gasteiger partial charge in [0.25, 0.3) is 0 Å². The summed E-state index contributed by atoms with van der Waals surface area (Å²) in [7, 11) is 0. The van der Waals surface area contributed by atoms with Crippen molar-refractivity contribution in [3.63, 3.8) is 0 Å². The molecule has 0 rings (SSSR count). The summed E-state index contributed by atoms with van der Waals surface area (Å²) in [4.78, 5) is 23.8. The number of hydrogen-bond donors (Lipinski definition) is 5. The van der Waals surface area contributed by atoms with E-state index in [0.717, 1.165) is 6.92 Å². The van der Waals surface area contributed by atoms with Gasteiger partial charge in [0.2, 0.25) is 0 Å². The number of nitrogens with two attached hydrogens (primary N) is 4. The summed E-state index contributed by atoms with van der Waals surface area (Å²) in [5.74, 6) is -3.80. The molecule has 0 radical (unpaired) electrons. The molecule has 0 atom stereocenters. The Morgan fingerprint density at radius 2 is 1.22 bits per heavy atom. The fourth-order valence-corrected chi connectivity index (χ4v) is 2.38. The van der Waals surface area contributed by atoms with E-state index in [9.17, 15) is 14.7 Å². The molecule has 0 aliphatic carbocycles. The first-order valence-electron chi connectivity index (χ1n) is 6.70.